The number of aromatic nitrogens is 4. The van der Waals surface area contributed by atoms with Gasteiger partial charge in [0.25, 0.3) is 5.56 Å². The van der Waals surface area contributed by atoms with Crippen molar-refractivity contribution in [2.24, 2.45) is 0 Å². The summed E-state index contributed by atoms with van der Waals surface area (Å²) in [5.41, 5.74) is 1.66. The summed E-state index contributed by atoms with van der Waals surface area (Å²) in [5, 5.41) is 5.09. The van der Waals surface area contributed by atoms with Crippen molar-refractivity contribution in [1.29, 1.82) is 0 Å². The van der Waals surface area contributed by atoms with Crippen molar-refractivity contribution in [2.75, 3.05) is 0 Å². The number of rotatable bonds is 0. The van der Waals surface area contributed by atoms with Crippen LogP contribution in [0.4, 0.5) is 0 Å². The molecule has 0 aromatic carbocycles. The van der Waals surface area contributed by atoms with Gasteiger partial charge in [-0.2, -0.15) is 0 Å². The molecule has 0 unspecified atom stereocenters. The van der Waals surface area contributed by atoms with E-state index in [9.17, 15) is 4.79 Å². The zero-order valence-corrected chi connectivity index (χ0v) is 10.4. The molecule has 0 aliphatic heterocycles. The maximum absolute atomic E-state index is 12.3. The van der Waals surface area contributed by atoms with Crippen molar-refractivity contribution in [3.05, 3.63) is 38.7 Å². The van der Waals surface area contributed by atoms with Gasteiger partial charge in [-0.25, -0.2) is 14.4 Å². The fourth-order valence-electron chi connectivity index (χ4n) is 2.05. The van der Waals surface area contributed by atoms with E-state index < -0.39 is 0 Å². The minimum Gasteiger partial charge on any atom is -0.346 e. The van der Waals surface area contributed by atoms with Crippen molar-refractivity contribution in [3.8, 4) is 0 Å². The maximum Gasteiger partial charge on any atom is 0.269 e. The van der Waals surface area contributed by atoms with E-state index in [4.69, 9.17) is 11.6 Å². The molecule has 18 heavy (non-hydrogen) atoms. The summed E-state index contributed by atoms with van der Waals surface area (Å²) in [5.74, 6) is 0. The van der Waals surface area contributed by atoms with Crippen LogP contribution in [0.2, 0.25) is 5.28 Å². The zero-order valence-electron chi connectivity index (χ0n) is 8.85. The summed E-state index contributed by atoms with van der Waals surface area (Å²) in [6, 6.07) is 1.83. The van der Waals surface area contributed by atoms with Gasteiger partial charge in [0.05, 0.1) is 16.3 Å². The Bertz CT molecular complexity index is 968. The normalized spacial score (nSPS) is 11.8. The summed E-state index contributed by atoms with van der Waals surface area (Å²) < 4.78 is 1.34. The second-order valence-corrected chi connectivity index (χ2v) is 4.95. The van der Waals surface area contributed by atoms with E-state index in [-0.39, 0.29) is 10.8 Å². The molecule has 0 fully saturated rings. The summed E-state index contributed by atoms with van der Waals surface area (Å²) >= 11 is 7.50. The number of thiophene rings is 1. The molecule has 4 aromatic rings. The Hall–Kier alpha value is -1.92. The minimum atomic E-state index is -0.183. The molecule has 0 radical (unpaired) electrons. The molecule has 0 aliphatic rings. The molecule has 0 bridgehead atoms. The van der Waals surface area contributed by atoms with Gasteiger partial charge in [0.15, 0.2) is 5.65 Å². The second-order valence-electron chi connectivity index (χ2n) is 3.87. The predicted octanol–water partition coefficient (Wildman–Crippen LogP) is 2.44. The number of halogens is 1. The number of nitrogens with zero attached hydrogens (tertiary/aromatic N) is 3. The van der Waals surface area contributed by atoms with Crippen LogP contribution in [0.3, 0.4) is 0 Å². The van der Waals surface area contributed by atoms with Crippen molar-refractivity contribution in [3.63, 3.8) is 0 Å². The van der Waals surface area contributed by atoms with Crippen LogP contribution in [0.1, 0.15) is 0 Å². The first-order chi connectivity index (χ1) is 8.75. The Morgan fingerprint density at radius 3 is 3.06 bits per heavy atom. The molecule has 0 spiro atoms. The topological polar surface area (TPSA) is 63.0 Å². The second kappa shape index (κ2) is 3.30. The first kappa shape index (κ1) is 10.0. The lowest BCUT2D eigenvalue weighted by atomic mass is 10.3. The number of hydrogen-bond acceptors (Lipinski definition) is 4. The summed E-state index contributed by atoms with van der Waals surface area (Å²) in [7, 11) is 0. The average molecular weight is 277 g/mol. The molecule has 7 heteroatoms. The van der Waals surface area contributed by atoms with E-state index in [1.165, 1.54) is 15.7 Å². The van der Waals surface area contributed by atoms with Crippen molar-refractivity contribution < 1.29 is 0 Å². The van der Waals surface area contributed by atoms with Gasteiger partial charge in [0, 0.05) is 17.0 Å². The molecule has 4 rings (SSSR count). The largest absolute Gasteiger partial charge is 0.346 e. The molecule has 0 aliphatic carbocycles. The molecule has 4 aromatic heterocycles. The first-order valence-corrected chi connectivity index (χ1v) is 6.49. The summed E-state index contributed by atoms with van der Waals surface area (Å²) in [6.07, 6.45) is 1.75. The van der Waals surface area contributed by atoms with E-state index in [1.54, 1.807) is 11.6 Å². The van der Waals surface area contributed by atoms with E-state index >= 15 is 0 Å². The zero-order chi connectivity index (χ0) is 12.3. The van der Waals surface area contributed by atoms with Crippen LogP contribution in [0.25, 0.3) is 27.6 Å². The fourth-order valence-corrected chi connectivity index (χ4v) is 3.02. The highest BCUT2D eigenvalue weighted by Crippen LogP contribution is 2.21. The van der Waals surface area contributed by atoms with Crippen LogP contribution in [0.15, 0.2) is 27.8 Å². The van der Waals surface area contributed by atoms with Crippen LogP contribution in [0.5, 0.6) is 0 Å². The molecular weight excluding hydrogens is 272 g/mol. The van der Waals surface area contributed by atoms with Crippen LogP contribution in [-0.2, 0) is 0 Å². The van der Waals surface area contributed by atoms with Gasteiger partial charge >= 0.3 is 0 Å². The Kier molecular flexibility index (Phi) is 1.84. The van der Waals surface area contributed by atoms with E-state index in [0.717, 1.165) is 5.39 Å². The molecule has 0 amide bonds. The SMILES string of the molecule is O=c1c2cscc2nc2c3cc[nH]c3nc(Cl)n12. The van der Waals surface area contributed by atoms with E-state index in [1.807, 2.05) is 11.4 Å². The third-order valence-corrected chi connectivity index (χ3v) is 3.85. The standard InChI is InChI=1S/C11H5ClN4OS/c12-11-15-8-5(1-2-13-8)9-14-7-4-18-3-6(7)10(17)16(9)11/h1-4,13H. The summed E-state index contributed by atoms with van der Waals surface area (Å²) in [4.78, 5) is 23.9. The maximum atomic E-state index is 12.3. The van der Waals surface area contributed by atoms with Gasteiger partial charge < -0.3 is 4.98 Å². The van der Waals surface area contributed by atoms with Crippen LogP contribution >= 0.6 is 22.9 Å². The average Bonchev–Trinajstić information content (AvgIpc) is 2.96. The molecule has 1 N–H and O–H groups in total. The van der Waals surface area contributed by atoms with Crippen LogP contribution in [0, 0.1) is 0 Å². The fraction of sp³-hybridized carbons (Fsp3) is 0. The van der Waals surface area contributed by atoms with Gasteiger partial charge in [0.1, 0.15) is 5.65 Å². The lowest BCUT2D eigenvalue weighted by Gasteiger charge is -2.03. The molecule has 88 valence electrons. The highest BCUT2D eigenvalue weighted by molar-refractivity contribution is 7.09. The van der Waals surface area contributed by atoms with Gasteiger partial charge in [-0.05, 0) is 17.7 Å². The predicted molar refractivity (Wildman–Crippen MR) is 71.5 cm³/mol. The lowest BCUT2D eigenvalue weighted by Crippen LogP contribution is -2.16. The molecule has 0 saturated heterocycles. The Labute approximate surface area is 109 Å². The lowest BCUT2D eigenvalue weighted by molar-refractivity contribution is 1.04. The quantitative estimate of drug-likeness (QED) is 0.502. The smallest absolute Gasteiger partial charge is 0.269 e. The van der Waals surface area contributed by atoms with Gasteiger partial charge in [-0.3, -0.25) is 4.79 Å². The monoisotopic (exact) mass is 276 g/mol. The van der Waals surface area contributed by atoms with Crippen molar-refractivity contribution in [1.82, 2.24) is 19.4 Å². The van der Waals surface area contributed by atoms with Gasteiger partial charge in [-0.1, -0.05) is 0 Å². The first-order valence-electron chi connectivity index (χ1n) is 5.17. The van der Waals surface area contributed by atoms with Crippen molar-refractivity contribution in [2.45, 2.75) is 0 Å². The number of nitrogens with one attached hydrogen (secondary N) is 1. The molecule has 4 heterocycles. The third-order valence-electron chi connectivity index (χ3n) is 2.87. The van der Waals surface area contributed by atoms with Gasteiger partial charge in [0.2, 0.25) is 5.28 Å². The number of H-pyrrole nitrogens is 1. The van der Waals surface area contributed by atoms with Crippen LogP contribution in [-0.4, -0.2) is 19.4 Å². The highest BCUT2D eigenvalue weighted by atomic mass is 35.5. The minimum absolute atomic E-state index is 0.116. The Morgan fingerprint density at radius 2 is 2.17 bits per heavy atom. The highest BCUT2D eigenvalue weighted by Gasteiger charge is 2.13. The Morgan fingerprint density at radius 1 is 1.28 bits per heavy atom. The molecule has 0 saturated carbocycles. The molecular formula is C11H5ClN4OS. The molecule has 0 atom stereocenters. The van der Waals surface area contributed by atoms with Gasteiger partial charge in [-0.15, -0.1) is 11.3 Å². The Balaban J connectivity index is 2.45. The number of fused-ring (bicyclic) bond motifs is 4. The molecule has 5 nitrogen and oxygen atoms in total. The van der Waals surface area contributed by atoms with Crippen molar-refractivity contribution >= 4 is 50.5 Å². The van der Waals surface area contributed by atoms with E-state index in [2.05, 4.69) is 15.0 Å². The summed E-state index contributed by atoms with van der Waals surface area (Å²) in [6.45, 7) is 0. The van der Waals surface area contributed by atoms with Crippen LogP contribution < -0.4 is 5.56 Å². The number of aromatic amines is 1. The third kappa shape index (κ3) is 1.13. The van der Waals surface area contributed by atoms with E-state index in [0.29, 0.717) is 22.2 Å². The number of hydrogen-bond donors (Lipinski definition) is 1.